The van der Waals surface area contributed by atoms with Gasteiger partial charge in [0.1, 0.15) is 5.69 Å². The molecule has 0 radical (unpaired) electrons. The molecule has 0 atom stereocenters. The molecule has 0 spiro atoms. The monoisotopic (exact) mass is 221 g/mol. The highest BCUT2D eigenvalue weighted by Crippen LogP contribution is 2.17. The average Bonchev–Trinajstić information content (AvgIpc) is 2.54. The molecule has 1 aliphatic carbocycles. The molecule has 1 aliphatic rings. The molecule has 0 bridgehead atoms. The van der Waals surface area contributed by atoms with E-state index in [0.717, 1.165) is 12.8 Å². The molecular formula is C12H19N3O. The van der Waals surface area contributed by atoms with E-state index in [-0.39, 0.29) is 5.91 Å². The largest absolute Gasteiger partial charge is 0.348 e. The van der Waals surface area contributed by atoms with E-state index in [1.165, 1.54) is 25.7 Å². The molecule has 16 heavy (non-hydrogen) atoms. The van der Waals surface area contributed by atoms with Gasteiger partial charge in [-0.2, -0.15) is 5.10 Å². The first-order chi connectivity index (χ1) is 7.75. The third-order valence-corrected chi connectivity index (χ3v) is 3.14. The van der Waals surface area contributed by atoms with E-state index >= 15 is 0 Å². The second-order valence-electron chi connectivity index (χ2n) is 4.54. The van der Waals surface area contributed by atoms with Gasteiger partial charge in [-0.3, -0.25) is 9.48 Å². The van der Waals surface area contributed by atoms with Gasteiger partial charge in [-0.05, 0) is 18.9 Å². The van der Waals surface area contributed by atoms with Gasteiger partial charge in [-0.25, -0.2) is 0 Å². The van der Waals surface area contributed by atoms with Crippen molar-refractivity contribution in [3.05, 3.63) is 18.0 Å². The van der Waals surface area contributed by atoms with Crippen molar-refractivity contribution >= 4 is 5.91 Å². The molecule has 4 heteroatoms. The number of amides is 1. The predicted molar refractivity (Wildman–Crippen MR) is 62.2 cm³/mol. The Morgan fingerprint density at radius 1 is 1.38 bits per heavy atom. The lowest BCUT2D eigenvalue weighted by Gasteiger charge is -2.14. The summed E-state index contributed by atoms with van der Waals surface area (Å²) in [6.07, 6.45) is 9.07. The number of hydrogen-bond donors (Lipinski definition) is 1. The Hall–Kier alpha value is -1.32. The van der Waals surface area contributed by atoms with Crippen molar-refractivity contribution in [2.24, 2.45) is 7.05 Å². The Morgan fingerprint density at radius 3 is 2.62 bits per heavy atom. The van der Waals surface area contributed by atoms with Crippen LogP contribution in [-0.2, 0) is 7.05 Å². The van der Waals surface area contributed by atoms with Crippen molar-refractivity contribution in [2.75, 3.05) is 0 Å². The first-order valence-corrected chi connectivity index (χ1v) is 6.06. The zero-order valence-corrected chi connectivity index (χ0v) is 9.78. The molecule has 0 unspecified atom stereocenters. The topological polar surface area (TPSA) is 46.9 Å². The summed E-state index contributed by atoms with van der Waals surface area (Å²) in [4.78, 5) is 11.9. The number of nitrogens with zero attached hydrogens (tertiary/aromatic N) is 2. The number of carbonyl (C=O) groups is 1. The van der Waals surface area contributed by atoms with Crippen LogP contribution in [0.15, 0.2) is 12.3 Å². The van der Waals surface area contributed by atoms with Gasteiger partial charge in [0.25, 0.3) is 5.91 Å². The van der Waals surface area contributed by atoms with Crippen LogP contribution in [-0.4, -0.2) is 21.7 Å². The van der Waals surface area contributed by atoms with Crippen molar-refractivity contribution in [1.29, 1.82) is 0 Å². The van der Waals surface area contributed by atoms with Crippen LogP contribution in [0.5, 0.6) is 0 Å². The van der Waals surface area contributed by atoms with Crippen LogP contribution in [0.4, 0.5) is 0 Å². The molecule has 1 aromatic rings. The van der Waals surface area contributed by atoms with E-state index in [4.69, 9.17) is 0 Å². The number of nitrogens with one attached hydrogen (secondary N) is 1. The molecule has 88 valence electrons. The summed E-state index contributed by atoms with van der Waals surface area (Å²) in [6.45, 7) is 0. The highest BCUT2D eigenvalue weighted by Gasteiger charge is 2.16. The zero-order chi connectivity index (χ0) is 11.4. The average molecular weight is 221 g/mol. The highest BCUT2D eigenvalue weighted by atomic mass is 16.2. The van der Waals surface area contributed by atoms with Crippen molar-refractivity contribution in [3.63, 3.8) is 0 Å². The number of aromatic nitrogens is 2. The maximum absolute atomic E-state index is 11.9. The number of carbonyl (C=O) groups excluding carboxylic acids is 1. The quantitative estimate of drug-likeness (QED) is 0.775. The molecular weight excluding hydrogens is 202 g/mol. The van der Waals surface area contributed by atoms with Crippen LogP contribution in [0, 0.1) is 0 Å². The maximum atomic E-state index is 11.9. The lowest BCUT2D eigenvalue weighted by Crippen LogP contribution is -2.34. The van der Waals surface area contributed by atoms with Crippen LogP contribution in [0.3, 0.4) is 0 Å². The number of aryl methyl sites for hydroxylation is 1. The third-order valence-electron chi connectivity index (χ3n) is 3.14. The predicted octanol–water partition coefficient (Wildman–Crippen LogP) is 1.87. The van der Waals surface area contributed by atoms with E-state index in [1.54, 1.807) is 16.9 Å². The lowest BCUT2D eigenvalue weighted by molar-refractivity contribution is 0.0927. The molecule has 0 aromatic carbocycles. The molecule has 4 nitrogen and oxygen atoms in total. The Balaban J connectivity index is 1.90. The SMILES string of the molecule is Cn1ccc(C(=O)NC2CCCCCC2)n1. The lowest BCUT2D eigenvalue weighted by atomic mass is 10.1. The summed E-state index contributed by atoms with van der Waals surface area (Å²) in [5.74, 6) is -0.0347. The first-order valence-electron chi connectivity index (χ1n) is 6.06. The molecule has 0 aliphatic heterocycles. The Kier molecular flexibility index (Phi) is 3.59. The van der Waals surface area contributed by atoms with Crippen LogP contribution < -0.4 is 5.32 Å². The van der Waals surface area contributed by atoms with Crippen LogP contribution in [0.2, 0.25) is 0 Å². The molecule has 1 saturated carbocycles. The summed E-state index contributed by atoms with van der Waals surface area (Å²) in [6, 6.07) is 2.10. The Labute approximate surface area is 96.0 Å². The summed E-state index contributed by atoms with van der Waals surface area (Å²) in [5.41, 5.74) is 0.520. The maximum Gasteiger partial charge on any atom is 0.271 e. The zero-order valence-electron chi connectivity index (χ0n) is 9.78. The third kappa shape index (κ3) is 2.84. The molecule has 1 aromatic heterocycles. The first kappa shape index (κ1) is 11.2. The minimum Gasteiger partial charge on any atom is -0.348 e. The summed E-state index contributed by atoms with van der Waals surface area (Å²) in [7, 11) is 1.82. The van der Waals surface area contributed by atoms with Crippen molar-refractivity contribution < 1.29 is 4.79 Å². The van der Waals surface area contributed by atoms with Gasteiger partial charge in [0.2, 0.25) is 0 Å². The second-order valence-corrected chi connectivity index (χ2v) is 4.54. The minimum absolute atomic E-state index is 0.0347. The summed E-state index contributed by atoms with van der Waals surface area (Å²) >= 11 is 0. The minimum atomic E-state index is -0.0347. The molecule has 1 amide bonds. The fourth-order valence-electron chi connectivity index (χ4n) is 2.22. The van der Waals surface area contributed by atoms with Crippen molar-refractivity contribution in [1.82, 2.24) is 15.1 Å². The fourth-order valence-corrected chi connectivity index (χ4v) is 2.22. The van der Waals surface area contributed by atoms with E-state index in [2.05, 4.69) is 10.4 Å². The Morgan fingerprint density at radius 2 is 2.06 bits per heavy atom. The standard InChI is InChI=1S/C12H19N3O/c1-15-9-8-11(14-15)12(16)13-10-6-4-2-3-5-7-10/h8-10H,2-7H2,1H3,(H,13,16). The smallest absolute Gasteiger partial charge is 0.271 e. The molecule has 1 fully saturated rings. The van der Waals surface area contributed by atoms with Gasteiger partial charge in [-0.15, -0.1) is 0 Å². The molecule has 2 rings (SSSR count). The van der Waals surface area contributed by atoms with Crippen molar-refractivity contribution in [2.45, 2.75) is 44.6 Å². The van der Waals surface area contributed by atoms with E-state index in [0.29, 0.717) is 11.7 Å². The van der Waals surface area contributed by atoms with Gasteiger partial charge in [0.15, 0.2) is 0 Å². The van der Waals surface area contributed by atoms with Gasteiger partial charge in [0.05, 0.1) is 0 Å². The highest BCUT2D eigenvalue weighted by molar-refractivity contribution is 5.92. The van der Waals surface area contributed by atoms with Gasteiger partial charge < -0.3 is 5.32 Å². The van der Waals surface area contributed by atoms with E-state index in [9.17, 15) is 4.79 Å². The fraction of sp³-hybridized carbons (Fsp3) is 0.667. The van der Waals surface area contributed by atoms with Crippen LogP contribution in [0.25, 0.3) is 0 Å². The van der Waals surface area contributed by atoms with Crippen molar-refractivity contribution in [3.8, 4) is 0 Å². The Bertz CT molecular complexity index is 351. The normalized spacial score (nSPS) is 18.1. The van der Waals surface area contributed by atoms with Crippen LogP contribution >= 0.6 is 0 Å². The van der Waals surface area contributed by atoms with Crippen LogP contribution in [0.1, 0.15) is 49.0 Å². The van der Waals surface area contributed by atoms with Gasteiger partial charge in [-0.1, -0.05) is 25.7 Å². The number of hydrogen-bond acceptors (Lipinski definition) is 2. The van der Waals surface area contributed by atoms with E-state index in [1.807, 2.05) is 7.05 Å². The van der Waals surface area contributed by atoms with Gasteiger partial charge in [0, 0.05) is 19.3 Å². The van der Waals surface area contributed by atoms with Gasteiger partial charge >= 0.3 is 0 Å². The summed E-state index contributed by atoms with van der Waals surface area (Å²) in [5, 5.41) is 7.18. The van der Waals surface area contributed by atoms with E-state index < -0.39 is 0 Å². The second kappa shape index (κ2) is 5.14. The molecule has 1 N–H and O–H groups in total. The molecule has 0 saturated heterocycles. The number of rotatable bonds is 2. The summed E-state index contributed by atoms with van der Waals surface area (Å²) < 4.78 is 1.65. The molecule has 1 heterocycles.